The molecule has 0 saturated heterocycles. The fraction of sp³-hybridized carbons (Fsp3) is 0.294. The fourth-order valence-electron chi connectivity index (χ4n) is 2.61. The molecule has 2 rings (SSSR count). The van der Waals surface area contributed by atoms with E-state index in [9.17, 15) is 5.11 Å². The number of aryl methyl sites for hydroxylation is 3. The largest absolute Gasteiger partial charge is 0.388 e. The molecule has 0 aliphatic carbocycles. The molecule has 0 heterocycles. The van der Waals surface area contributed by atoms with Crippen molar-refractivity contribution in [2.24, 2.45) is 0 Å². The van der Waals surface area contributed by atoms with Crippen LogP contribution in [0, 0.1) is 20.8 Å². The van der Waals surface area contributed by atoms with Gasteiger partial charge in [0.1, 0.15) is 0 Å². The van der Waals surface area contributed by atoms with E-state index in [2.05, 4.69) is 64.8 Å². The predicted molar refractivity (Wildman–Crippen MR) is 91.2 cm³/mol. The van der Waals surface area contributed by atoms with Crippen LogP contribution in [-0.2, 0) is 6.42 Å². The zero-order valence-electron chi connectivity index (χ0n) is 11.9. The summed E-state index contributed by atoms with van der Waals surface area (Å²) >= 11 is 6.95. The molecule has 3 heteroatoms. The maximum absolute atomic E-state index is 10.5. The Hall–Kier alpha value is -0.640. The van der Waals surface area contributed by atoms with Crippen LogP contribution in [0.2, 0.25) is 0 Å². The van der Waals surface area contributed by atoms with Crippen molar-refractivity contribution in [3.05, 3.63) is 67.1 Å². The summed E-state index contributed by atoms with van der Waals surface area (Å²) in [5.74, 6) is 0. The number of benzene rings is 2. The van der Waals surface area contributed by atoms with E-state index in [1.165, 1.54) is 22.3 Å². The number of aliphatic hydroxyl groups excluding tert-OH is 1. The third-order valence-corrected chi connectivity index (χ3v) is 4.74. The minimum Gasteiger partial charge on any atom is -0.388 e. The maximum Gasteiger partial charge on any atom is 0.0841 e. The predicted octanol–water partition coefficient (Wildman–Crippen LogP) is 5.41. The third kappa shape index (κ3) is 3.51. The zero-order chi connectivity index (χ0) is 14.9. The molecule has 1 N–H and O–H groups in total. The van der Waals surface area contributed by atoms with Crippen molar-refractivity contribution >= 4 is 31.9 Å². The number of hydrogen-bond acceptors (Lipinski definition) is 1. The van der Waals surface area contributed by atoms with Crippen molar-refractivity contribution in [2.75, 3.05) is 0 Å². The summed E-state index contributed by atoms with van der Waals surface area (Å²) in [4.78, 5) is 0. The topological polar surface area (TPSA) is 20.2 Å². The van der Waals surface area contributed by atoms with E-state index in [0.29, 0.717) is 6.42 Å². The molecular weight excluding hydrogens is 380 g/mol. The van der Waals surface area contributed by atoms with E-state index >= 15 is 0 Å². The van der Waals surface area contributed by atoms with Gasteiger partial charge in [0.2, 0.25) is 0 Å². The summed E-state index contributed by atoms with van der Waals surface area (Å²) in [7, 11) is 0. The van der Waals surface area contributed by atoms with Crippen molar-refractivity contribution in [1.82, 2.24) is 0 Å². The lowest BCUT2D eigenvalue weighted by Gasteiger charge is -2.17. The van der Waals surface area contributed by atoms with Gasteiger partial charge in [0.05, 0.1) is 6.10 Å². The quantitative estimate of drug-likeness (QED) is 0.733. The summed E-state index contributed by atoms with van der Waals surface area (Å²) in [5, 5.41) is 10.5. The van der Waals surface area contributed by atoms with E-state index in [-0.39, 0.29) is 0 Å². The SMILES string of the molecule is Cc1cc(C)c(CC(O)c2ccc(Br)cc2Br)c(C)c1. The summed E-state index contributed by atoms with van der Waals surface area (Å²) in [6, 6.07) is 10.2. The molecule has 0 aliphatic rings. The van der Waals surface area contributed by atoms with Gasteiger partial charge in [-0.3, -0.25) is 0 Å². The van der Waals surface area contributed by atoms with Crippen LogP contribution in [0.5, 0.6) is 0 Å². The Morgan fingerprint density at radius 1 is 1.00 bits per heavy atom. The van der Waals surface area contributed by atoms with Gasteiger partial charge in [0.15, 0.2) is 0 Å². The van der Waals surface area contributed by atoms with Crippen LogP contribution in [-0.4, -0.2) is 5.11 Å². The van der Waals surface area contributed by atoms with Crippen molar-refractivity contribution in [1.29, 1.82) is 0 Å². The molecule has 0 spiro atoms. The van der Waals surface area contributed by atoms with Crippen molar-refractivity contribution in [3.8, 4) is 0 Å². The molecule has 0 bridgehead atoms. The van der Waals surface area contributed by atoms with Gasteiger partial charge in [0.25, 0.3) is 0 Å². The van der Waals surface area contributed by atoms with Crippen LogP contribution in [0.1, 0.15) is 33.9 Å². The minimum atomic E-state index is -0.502. The lowest BCUT2D eigenvalue weighted by molar-refractivity contribution is 0.177. The van der Waals surface area contributed by atoms with Gasteiger partial charge >= 0.3 is 0 Å². The molecule has 2 aromatic carbocycles. The Labute approximate surface area is 137 Å². The smallest absolute Gasteiger partial charge is 0.0841 e. The Bertz CT molecular complexity index is 612. The summed E-state index contributed by atoms with van der Waals surface area (Å²) < 4.78 is 1.94. The first kappa shape index (κ1) is 15.7. The molecule has 106 valence electrons. The Morgan fingerprint density at radius 3 is 2.15 bits per heavy atom. The highest BCUT2D eigenvalue weighted by Crippen LogP contribution is 2.30. The molecule has 0 aliphatic heterocycles. The first-order valence-electron chi connectivity index (χ1n) is 6.58. The molecule has 0 fully saturated rings. The van der Waals surface area contributed by atoms with Crippen LogP contribution in [0.15, 0.2) is 39.3 Å². The third-order valence-electron chi connectivity index (χ3n) is 3.56. The maximum atomic E-state index is 10.5. The monoisotopic (exact) mass is 396 g/mol. The van der Waals surface area contributed by atoms with E-state index in [4.69, 9.17) is 0 Å². The second-order valence-electron chi connectivity index (χ2n) is 5.26. The van der Waals surface area contributed by atoms with Gasteiger partial charge in [-0.1, -0.05) is 55.6 Å². The van der Waals surface area contributed by atoms with Crippen molar-refractivity contribution in [2.45, 2.75) is 33.3 Å². The molecule has 0 saturated carbocycles. The molecule has 2 aromatic rings. The average molecular weight is 398 g/mol. The van der Waals surface area contributed by atoms with Crippen molar-refractivity contribution < 1.29 is 5.11 Å². The highest BCUT2D eigenvalue weighted by molar-refractivity contribution is 9.11. The highest BCUT2D eigenvalue weighted by Gasteiger charge is 2.15. The number of hydrogen-bond donors (Lipinski definition) is 1. The molecule has 1 nitrogen and oxygen atoms in total. The van der Waals surface area contributed by atoms with Gasteiger partial charge in [0, 0.05) is 15.4 Å². The number of halogens is 2. The molecular formula is C17H18Br2O. The molecule has 0 amide bonds. The molecule has 1 unspecified atom stereocenters. The van der Waals surface area contributed by atoms with Gasteiger partial charge in [-0.15, -0.1) is 0 Å². The fourth-order valence-corrected chi connectivity index (χ4v) is 3.92. The van der Waals surface area contributed by atoms with Crippen molar-refractivity contribution in [3.63, 3.8) is 0 Å². The lowest BCUT2D eigenvalue weighted by Crippen LogP contribution is -2.06. The van der Waals surface area contributed by atoms with E-state index < -0.39 is 6.10 Å². The number of rotatable bonds is 3. The van der Waals surface area contributed by atoms with Crippen LogP contribution in [0.3, 0.4) is 0 Å². The molecule has 20 heavy (non-hydrogen) atoms. The summed E-state index contributed by atoms with van der Waals surface area (Å²) in [6.07, 6.45) is 0.135. The van der Waals surface area contributed by atoms with Crippen LogP contribution in [0.25, 0.3) is 0 Å². The van der Waals surface area contributed by atoms with Gasteiger partial charge in [-0.05, 0) is 55.2 Å². The Balaban J connectivity index is 2.30. The van der Waals surface area contributed by atoms with Gasteiger partial charge in [-0.2, -0.15) is 0 Å². The van der Waals surface area contributed by atoms with E-state index in [1.54, 1.807) is 0 Å². The normalized spacial score (nSPS) is 12.5. The van der Waals surface area contributed by atoms with E-state index in [0.717, 1.165) is 14.5 Å². The van der Waals surface area contributed by atoms with E-state index in [1.807, 2.05) is 18.2 Å². The summed E-state index contributed by atoms with van der Waals surface area (Å²) in [5.41, 5.74) is 5.91. The van der Waals surface area contributed by atoms with Crippen LogP contribution >= 0.6 is 31.9 Å². The van der Waals surface area contributed by atoms with Gasteiger partial charge in [-0.25, -0.2) is 0 Å². The highest BCUT2D eigenvalue weighted by atomic mass is 79.9. The number of aliphatic hydroxyl groups is 1. The minimum absolute atomic E-state index is 0.502. The first-order chi connectivity index (χ1) is 9.38. The Morgan fingerprint density at radius 2 is 1.60 bits per heavy atom. The second kappa shape index (κ2) is 6.42. The van der Waals surface area contributed by atoms with Gasteiger partial charge < -0.3 is 5.11 Å². The van der Waals surface area contributed by atoms with Crippen LogP contribution in [0.4, 0.5) is 0 Å². The first-order valence-corrected chi connectivity index (χ1v) is 8.17. The summed E-state index contributed by atoms with van der Waals surface area (Å²) in [6.45, 7) is 6.32. The second-order valence-corrected chi connectivity index (χ2v) is 7.03. The lowest BCUT2D eigenvalue weighted by atomic mass is 9.93. The molecule has 1 atom stereocenters. The standard InChI is InChI=1S/C17H18Br2O/c1-10-6-11(2)15(12(3)7-10)9-17(20)14-5-4-13(18)8-16(14)19/h4-8,17,20H,9H2,1-3H3. The molecule has 0 radical (unpaired) electrons. The zero-order valence-corrected chi connectivity index (χ0v) is 15.0. The molecule has 0 aromatic heterocycles. The average Bonchev–Trinajstić information content (AvgIpc) is 2.33. The Kier molecular flexibility index (Phi) is 5.05. The van der Waals surface area contributed by atoms with Crippen LogP contribution < -0.4 is 0 Å².